The van der Waals surface area contributed by atoms with Crippen molar-refractivity contribution in [2.24, 2.45) is 5.92 Å². The number of ether oxygens (including phenoxy) is 2. The molecule has 3 heterocycles. The van der Waals surface area contributed by atoms with Gasteiger partial charge in [-0.05, 0) is 54.5 Å². The molecular formula is C35H37IN2O3. The van der Waals surface area contributed by atoms with Gasteiger partial charge >= 0.3 is 0 Å². The fraction of sp³-hybridized carbons (Fsp3) is 0.429. The predicted molar refractivity (Wildman–Crippen MR) is 154 cm³/mol. The number of aromatic hydroxyl groups is 1. The molecule has 1 aromatic heterocycles. The number of halogens is 1. The number of likely N-dealkylation sites (tertiary alicyclic amines) is 1. The Labute approximate surface area is 258 Å². The first-order chi connectivity index (χ1) is 19.7. The first kappa shape index (κ1) is 26.1. The van der Waals surface area contributed by atoms with Gasteiger partial charge in [0, 0.05) is 48.3 Å². The number of hydrogen-bond acceptors (Lipinski definition) is 3. The average Bonchev–Trinajstić information content (AvgIpc) is 3.62. The zero-order chi connectivity index (χ0) is 26.5. The maximum atomic E-state index is 11.1. The third kappa shape index (κ3) is 3.59. The van der Waals surface area contributed by atoms with E-state index in [1.807, 2.05) is 6.07 Å². The molecule has 1 spiro atoms. The first-order valence-electron chi connectivity index (χ1n) is 15.3. The second-order valence-corrected chi connectivity index (χ2v) is 13.0. The van der Waals surface area contributed by atoms with Gasteiger partial charge in [0.2, 0.25) is 0 Å². The molecule has 2 bridgehead atoms. The third-order valence-electron chi connectivity index (χ3n) is 11.0. The number of rotatable bonds is 7. The highest BCUT2D eigenvalue weighted by atomic mass is 127. The van der Waals surface area contributed by atoms with Crippen molar-refractivity contribution in [1.29, 1.82) is 0 Å². The van der Waals surface area contributed by atoms with Gasteiger partial charge in [-0.15, -0.1) is 0 Å². The number of aryl methyl sites for hydroxylation is 1. The topological polar surface area (TPSA) is 58.9 Å². The molecule has 212 valence electrons. The summed E-state index contributed by atoms with van der Waals surface area (Å²) in [5, 5.41) is 12.4. The Morgan fingerprint density at radius 1 is 1.02 bits per heavy atom. The molecule has 1 saturated heterocycles. The van der Waals surface area contributed by atoms with Crippen LogP contribution in [0.1, 0.15) is 59.7 Å². The van der Waals surface area contributed by atoms with Crippen LogP contribution < -0.4 is 33.6 Å². The number of phenols is 1. The zero-order valence-corrected chi connectivity index (χ0v) is 25.5. The molecule has 3 N–H and O–H groups in total. The summed E-state index contributed by atoms with van der Waals surface area (Å²) in [7, 11) is 0. The van der Waals surface area contributed by atoms with E-state index >= 15 is 0 Å². The van der Waals surface area contributed by atoms with Gasteiger partial charge in [0.05, 0.1) is 24.2 Å². The molecule has 5 nitrogen and oxygen atoms in total. The number of para-hydroxylation sites is 1. The second kappa shape index (κ2) is 9.48. The number of phenolic OH excluding ortho intramolecular Hbond substituents is 1. The largest absolute Gasteiger partial charge is 1.00 e. The first-order valence-corrected chi connectivity index (χ1v) is 15.3. The number of aromatic nitrogens is 1. The molecule has 3 aliphatic carbocycles. The van der Waals surface area contributed by atoms with Crippen LogP contribution in [-0.4, -0.2) is 41.4 Å². The van der Waals surface area contributed by atoms with Gasteiger partial charge in [0.1, 0.15) is 11.6 Å². The lowest BCUT2D eigenvalue weighted by atomic mass is 9.48. The van der Waals surface area contributed by atoms with Gasteiger partial charge in [0.25, 0.3) is 0 Å². The molecule has 4 aromatic rings. The Balaban J connectivity index is 0.00000256. The lowest BCUT2D eigenvalue weighted by Gasteiger charge is -2.62. The smallest absolute Gasteiger partial charge is 0.166 e. The van der Waals surface area contributed by atoms with Gasteiger partial charge in [-0.25, -0.2) is 0 Å². The molecular weight excluding hydrogens is 623 g/mol. The van der Waals surface area contributed by atoms with Gasteiger partial charge < -0.3 is 48.4 Å². The zero-order valence-electron chi connectivity index (χ0n) is 23.3. The van der Waals surface area contributed by atoms with Crippen molar-refractivity contribution in [3.05, 3.63) is 94.7 Å². The normalized spacial score (nSPS) is 30.3. The quantitative estimate of drug-likeness (QED) is 0.210. The van der Waals surface area contributed by atoms with Crippen LogP contribution in [0.5, 0.6) is 11.5 Å². The van der Waals surface area contributed by atoms with Crippen LogP contribution in [0, 0.1) is 5.92 Å². The van der Waals surface area contributed by atoms with Gasteiger partial charge in [-0.1, -0.05) is 54.6 Å². The van der Waals surface area contributed by atoms with Crippen LogP contribution in [0.2, 0.25) is 0 Å². The Morgan fingerprint density at radius 3 is 2.71 bits per heavy atom. The Kier molecular flexibility index (Phi) is 6.04. The minimum atomic E-state index is -0.374. The van der Waals surface area contributed by atoms with Gasteiger partial charge in [0.15, 0.2) is 17.6 Å². The fourth-order valence-corrected chi connectivity index (χ4v) is 9.22. The minimum absolute atomic E-state index is 0. The molecule has 2 aliphatic heterocycles. The summed E-state index contributed by atoms with van der Waals surface area (Å²) in [6, 6.07) is 23.9. The van der Waals surface area contributed by atoms with E-state index in [2.05, 4.69) is 65.6 Å². The molecule has 6 heteroatoms. The standard InChI is InChI=1S/C35H36N2O3.HI/c38-28-15-14-24-19-29-35(39-18-6-9-22-7-2-1-3-8-22)20-26-25-10-4-5-11-27(25)36-31(26)33-34(35,30(24)32(28)40-33)16-17-37(29)21-23-12-13-23;/h1-5,7-8,10-11,14-15,23,29,33,36,38H,6,9,12-13,16-21H2;1H/t29-,33+,34+,35-;/m1./s1. The Morgan fingerprint density at radius 2 is 1.85 bits per heavy atom. The van der Waals surface area contributed by atoms with Crippen molar-refractivity contribution < 1.29 is 43.5 Å². The van der Waals surface area contributed by atoms with E-state index in [-0.39, 0.29) is 46.8 Å². The molecule has 0 radical (unpaired) electrons. The molecule has 5 atom stereocenters. The van der Waals surface area contributed by atoms with E-state index in [1.165, 1.54) is 58.2 Å². The third-order valence-corrected chi connectivity index (χ3v) is 11.0. The SMILES string of the molecule is Oc1ccc2c3c1O[C@H]1c4[nH]c5ccccc5c4C[C@@]4(OCCCc5ccccc5)[C@@H](C2)[NH+](CC2CC2)CC[C@]314.[I-]. The van der Waals surface area contributed by atoms with Crippen LogP contribution in [0.3, 0.4) is 0 Å². The van der Waals surface area contributed by atoms with Crippen LogP contribution in [0.4, 0.5) is 0 Å². The maximum Gasteiger partial charge on any atom is 0.166 e. The highest BCUT2D eigenvalue weighted by Crippen LogP contribution is 2.68. The molecule has 9 rings (SSSR count). The number of H-pyrrole nitrogens is 1. The summed E-state index contributed by atoms with van der Waals surface area (Å²) >= 11 is 0. The average molecular weight is 661 g/mol. The summed E-state index contributed by atoms with van der Waals surface area (Å²) < 4.78 is 14.4. The monoisotopic (exact) mass is 660 g/mol. The number of aromatic amines is 1. The van der Waals surface area contributed by atoms with Crippen molar-refractivity contribution >= 4 is 10.9 Å². The highest BCUT2D eigenvalue weighted by molar-refractivity contribution is 5.86. The van der Waals surface area contributed by atoms with E-state index in [0.717, 1.165) is 51.2 Å². The van der Waals surface area contributed by atoms with E-state index in [0.29, 0.717) is 11.8 Å². The molecule has 0 amide bonds. The Hall–Kier alpha value is -2.55. The molecule has 1 unspecified atom stereocenters. The molecule has 5 aliphatic rings. The summed E-state index contributed by atoms with van der Waals surface area (Å²) in [5.41, 5.74) is 7.01. The number of benzene rings is 3. The fourth-order valence-electron chi connectivity index (χ4n) is 9.22. The lowest BCUT2D eigenvalue weighted by Crippen LogP contribution is -3.21. The minimum Gasteiger partial charge on any atom is -1.00 e. The number of fused-ring (bicyclic) bond motifs is 4. The van der Waals surface area contributed by atoms with E-state index < -0.39 is 0 Å². The Bertz CT molecular complexity index is 1630. The van der Waals surface area contributed by atoms with E-state index in [9.17, 15) is 5.11 Å². The second-order valence-electron chi connectivity index (χ2n) is 13.0. The van der Waals surface area contributed by atoms with E-state index in [1.54, 1.807) is 4.90 Å². The van der Waals surface area contributed by atoms with Crippen LogP contribution >= 0.6 is 0 Å². The van der Waals surface area contributed by atoms with Crippen LogP contribution in [0.25, 0.3) is 10.9 Å². The highest BCUT2D eigenvalue weighted by Gasteiger charge is 2.76. The van der Waals surface area contributed by atoms with E-state index in [4.69, 9.17) is 9.47 Å². The van der Waals surface area contributed by atoms with Crippen LogP contribution in [0.15, 0.2) is 66.7 Å². The molecule has 3 aromatic carbocycles. The number of nitrogens with one attached hydrogen (secondary N) is 2. The summed E-state index contributed by atoms with van der Waals surface area (Å²) in [4.78, 5) is 5.52. The van der Waals surface area contributed by atoms with Crippen molar-refractivity contribution in [3.63, 3.8) is 0 Å². The number of quaternary nitrogens is 1. The van der Waals surface area contributed by atoms with Crippen molar-refractivity contribution in [2.45, 2.75) is 68.1 Å². The molecule has 1 saturated carbocycles. The predicted octanol–water partition coefficient (Wildman–Crippen LogP) is 1.82. The van der Waals surface area contributed by atoms with Gasteiger partial charge in [-0.2, -0.15) is 0 Å². The summed E-state index contributed by atoms with van der Waals surface area (Å²) in [6.45, 7) is 3.13. The molecule has 2 fully saturated rings. The maximum absolute atomic E-state index is 11.1. The molecule has 41 heavy (non-hydrogen) atoms. The summed E-state index contributed by atoms with van der Waals surface area (Å²) in [5.74, 6) is 1.83. The van der Waals surface area contributed by atoms with Gasteiger partial charge in [-0.3, -0.25) is 0 Å². The number of piperidine rings is 1. The lowest BCUT2D eigenvalue weighted by molar-refractivity contribution is -0.944. The van der Waals surface area contributed by atoms with Crippen molar-refractivity contribution in [1.82, 2.24) is 4.98 Å². The van der Waals surface area contributed by atoms with Crippen LogP contribution in [-0.2, 0) is 29.4 Å². The van der Waals surface area contributed by atoms with Crippen molar-refractivity contribution in [3.8, 4) is 11.5 Å². The summed E-state index contributed by atoms with van der Waals surface area (Å²) in [6.07, 6.45) is 7.49. The van der Waals surface area contributed by atoms with Crippen molar-refractivity contribution in [2.75, 3.05) is 19.7 Å². The number of hydrogen-bond donors (Lipinski definition) is 3.